The van der Waals surface area contributed by atoms with Crippen LogP contribution in [-0.2, 0) is 5.41 Å². The fourth-order valence-corrected chi connectivity index (χ4v) is 12.4. The average molecular weight is 665 g/mol. The van der Waals surface area contributed by atoms with Crippen LogP contribution in [0.1, 0.15) is 43.2 Å². The minimum Gasteiger partial charge on any atom is -0.0622 e. The van der Waals surface area contributed by atoms with Gasteiger partial charge in [0.1, 0.15) is 0 Å². The summed E-state index contributed by atoms with van der Waals surface area (Å²) in [7, 11) is 0. The van der Waals surface area contributed by atoms with E-state index < -0.39 is 0 Å². The van der Waals surface area contributed by atoms with Crippen LogP contribution in [-0.4, -0.2) is 0 Å². The first-order chi connectivity index (χ1) is 25.8. The van der Waals surface area contributed by atoms with Crippen molar-refractivity contribution in [3.63, 3.8) is 0 Å². The molecule has 4 fully saturated rings. The number of rotatable bonds is 3. The lowest BCUT2D eigenvalue weighted by molar-refractivity contribution is -0.0391. The summed E-state index contributed by atoms with van der Waals surface area (Å²) in [6.07, 6.45) is 6.97. The highest BCUT2D eigenvalue weighted by molar-refractivity contribution is 6.22. The van der Waals surface area contributed by atoms with Gasteiger partial charge in [0.2, 0.25) is 0 Å². The van der Waals surface area contributed by atoms with E-state index in [1.165, 1.54) is 109 Å². The molecular weight excluding hydrogens is 625 g/mol. The van der Waals surface area contributed by atoms with Crippen molar-refractivity contribution >= 4 is 32.3 Å². The highest BCUT2D eigenvalue weighted by Crippen LogP contribution is 2.71. The van der Waals surface area contributed by atoms with Crippen molar-refractivity contribution in [1.82, 2.24) is 0 Å². The maximum Gasteiger partial charge on any atom is 0.0284 e. The molecule has 0 nitrogen and oxygen atoms in total. The minimum absolute atomic E-state index is 0.0453. The molecule has 0 aromatic heterocycles. The fourth-order valence-electron chi connectivity index (χ4n) is 12.4. The Bertz CT molecular complexity index is 2650. The van der Waals surface area contributed by atoms with Crippen LogP contribution in [0.15, 0.2) is 158 Å². The summed E-state index contributed by atoms with van der Waals surface area (Å²) in [6.45, 7) is 0. The molecule has 4 saturated carbocycles. The van der Waals surface area contributed by atoms with Gasteiger partial charge in [-0.15, -0.1) is 0 Å². The predicted octanol–water partition coefficient (Wildman–Crippen LogP) is 13.9. The lowest BCUT2D eigenvalue weighted by Crippen LogP contribution is -2.55. The smallest absolute Gasteiger partial charge is 0.0284 e. The number of fused-ring (bicyclic) bond motifs is 7. The molecule has 4 bridgehead atoms. The first-order valence-corrected chi connectivity index (χ1v) is 19.5. The lowest BCUT2D eigenvalue weighted by Gasteiger charge is -2.61. The van der Waals surface area contributed by atoms with Crippen LogP contribution >= 0.6 is 0 Å². The van der Waals surface area contributed by atoms with Crippen LogP contribution in [0.2, 0.25) is 0 Å². The van der Waals surface area contributed by atoms with E-state index in [0.717, 1.165) is 11.8 Å². The SMILES string of the molecule is c1ccc(-c2ccc(-c3c4ccccc4c(-c4cccc5c4C4(c6c-5ccc5ccccc65)C5CC6CC(C5)CC4C6)c4ccccc34)cc2)cc1. The molecule has 52 heavy (non-hydrogen) atoms. The van der Waals surface area contributed by atoms with Gasteiger partial charge in [-0.05, 0) is 144 Å². The van der Waals surface area contributed by atoms with E-state index in [4.69, 9.17) is 0 Å². The Morgan fingerprint density at radius 2 is 0.827 bits per heavy atom. The summed E-state index contributed by atoms with van der Waals surface area (Å²) >= 11 is 0. The quantitative estimate of drug-likeness (QED) is 0.165. The van der Waals surface area contributed by atoms with Crippen molar-refractivity contribution in [2.24, 2.45) is 23.7 Å². The highest BCUT2D eigenvalue weighted by Gasteiger charge is 2.62. The molecule has 248 valence electrons. The third-order valence-corrected chi connectivity index (χ3v) is 14.0. The largest absolute Gasteiger partial charge is 0.0622 e. The molecule has 8 aromatic carbocycles. The second-order valence-corrected chi connectivity index (χ2v) is 16.4. The molecule has 0 radical (unpaired) electrons. The van der Waals surface area contributed by atoms with E-state index in [1.54, 1.807) is 11.1 Å². The standard InChI is InChI=1S/C52H40/c1-2-11-34(12-3-1)35-21-23-37(24-22-35)48-41-15-6-8-17-43(41)49(44-18-9-7-16-42(44)48)47-20-10-19-45-46-26-25-36-13-4-5-14-40(36)50(46)52(51(45)47)38-28-32-27-33(30-38)31-39(52)29-32/h1-26,32-33,38-39H,27-31H2. The zero-order valence-electron chi connectivity index (χ0n) is 29.4. The summed E-state index contributed by atoms with van der Waals surface area (Å²) in [5.74, 6) is 3.18. The van der Waals surface area contributed by atoms with Crippen molar-refractivity contribution in [2.45, 2.75) is 37.5 Å². The van der Waals surface area contributed by atoms with Gasteiger partial charge in [0.15, 0.2) is 0 Å². The third kappa shape index (κ3) is 3.83. The van der Waals surface area contributed by atoms with Gasteiger partial charge in [-0.2, -0.15) is 0 Å². The van der Waals surface area contributed by atoms with Gasteiger partial charge < -0.3 is 0 Å². The molecule has 5 aliphatic rings. The van der Waals surface area contributed by atoms with Crippen LogP contribution in [0.5, 0.6) is 0 Å². The Labute approximate surface area is 305 Å². The van der Waals surface area contributed by atoms with Gasteiger partial charge in [0.25, 0.3) is 0 Å². The van der Waals surface area contributed by atoms with Gasteiger partial charge in [-0.3, -0.25) is 0 Å². The molecule has 0 heteroatoms. The van der Waals surface area contributed by atoms with Crippen LogP contribution in [0.25, 0.3) is 76.8 Å². The van der Waals surface area contributed by atoms with Crippen LogP contribution in [0.4, 0.5) is 0 Å². The normalized spacial score (nSPS) is 23.8. The zero-order valence-corrected chi connectivity index (χ0v) is 29.4. The van der Waals surface area contributed by atoms with E-state index in [2.05, 4.69) is 158 Å². The number of benzene rings is 8. The molecule has 0 aliphatic heterocycles. The topological polar surface area (TPSA) is 0 Å². The molecule has 1 spiro atoms. The maximum atomic E-state index is 2.50. The van der Waals surface area contributed by atoms with Crippen molar-refractivity contribution in [3.8, 4) is 44.5 Å². The molecule has 5 aliphatic carbocycles. The third-order valence-electron chi connectivity index (χ3n) is 14.0. The van der Waals surface area contributed by atoms with Crippen molar-refractivity contribution < 1.29 is 0 Å². The molecule has 8 aromatic rings. The van der Waals surface area contributed by atoms with Gasteiger partial charge >= 0.3 is 0 Å². The van der Waals surface area contributed by atoms with Gasteiger partial charge in [-0.1, -0.05) is 158 Å². The summed E-state index contributed by atoms with van der Waals surface area (Å²) in [6, 6.07) is 60.0. The second kappa shape index (κ2) is 10.8. The molecule has 0 N–H and O–H groups in total. The van der Waals surface area contributed by atoms with E-state index in [1.807, 2.05) is 0 Å². The summed E-state index contributed by atoms with van der Waals surface area (Å²) in [5.41, 5.74) is 14.3. The monoisotopic (exact) mass is 664 g/mol. The average Bonchev–Trinajstić information content (AvgIpc) is 3.51. The van der Waals surface area contributed by atoms with Crippen LogP contribution < -0.4 is 0 Å². The molecule has 13 rings (SSSR count). The molecular formula is C52H40. The molecule has 0 saturated heterocycles. The Balaban J connectivity index is 1.16. The molecule has 0 atom stereocenters. The first-order valence-electron chi connectivity index (χ1n) is 19.5. The van der Waals surface area contributed by atoms with Gasteiger partial charge in [-0.25, -0.2) is 0 Å². The van der Waals surface area contributed by atoms with Crippen LogP contribution in [0.3, 0.4) is 0 Å². The molecule has 0 heterocycles. The summed E-state index contributed by atoms with van der Waals surface area (Å²) in [5, 5.41) is 8.26. The van der Waals surface area contributed by atoms with E-state index in [0.29, 0.717) is 11.8 Å². The fraction of sp³-hybridized carbons (Fsp3) is 0.192. The maximum absolute atomic E-state index is 2.50. The Morgan fingerprint density at radius 3 is 1.48 bits per heavy atom. The molecule has 0 amide bonds. The second-order valence-electron chi connectivity index (χ2n) is 16.4. The van der Waals surface area contributed by atoms with Crippen molar-refractivity contribution in [1.29, 1.82) is 0 Å². The van der Waals surface area contributed by atoms with Crippen LogP contribution in [0, 0.1) is 23.7 Å². The predicted molar refractivity (Wildman–Crippen MR) is 219 cm³/mol. The summed E-state index contributed by atoms with van der Waals surface area (Å²) in [4.78, 5) is 0. The van der Waals surface area contributed by atoms with Crippen molar-refractivity contribution in [2.75, 3.05) is 0 Å². The van der Waals surface area contributed by atoms with E-state index in [-0.39, 0.29) is 5.41 Å². The van der Waals surface area contributed by atoms with Crippen molar-refractivity contribution in [3.05, 3.63) is 169 Å². The highest BCUT2D eigenvalue weighted by atomic mass is 14.7. The Hall–Kier alpha value is -5.46. The Kier molecular flexibility index (Phi) is 6.04. The zero-order chi connectivity index (χ0) is 34.0. The Morgan fingerprint density at radius 1 is 0.327 bits per heavy atom. The van der Waals surface area contributed by atoms with Gasteiger partial charge in [0, 0.05) is 5.41 Å². The first kappa shape index (κ1) is 29.2. The lowest BCUT2D eigenvalue weighted by atomic mass is 9.42. The number of hydrogen-bond donors (Lipinski definition) is 0. The number of hydrogen-bond acceptors (Lipinski definition) is 0. The molecule has 0 unspecified atom stereocenters. The van der Waals surface area contributed by atoms with E-state index >= 15 is 0 Å². The van der Waals surface area contributed by atoms with Gasteiger partial charge in [0.05, 0.1) is 0 Å². The minimum atomic E-state index is 0.0453. The van der Waals surface area contributed by atoms with E-state index in [9.17, 15) is 0 Å². The summed E-state index contributed by atoms with van der Waals surface area (Å²) < 4.78 is 0.